The maximum atomic E-state index is 13.2. The molecular formula is C14H18FIO. The van der Waals surface area contributed by atoms with Crippen molar-refractivity contribution in [2.24, 2.45) is 0 Å². The van der Waals surface area contributed by atoms with E-state index in [-0.39, 0.29) is 11.9 Å². The molecule has 94 valence electrons. The first kappa shape index (κ1) is 13.3. The summed E-state index contributed by atoms with van der Waals surface area (Å²) in [5.74, 6) is -0.176. The zero-order valence-electron chi connectivity index (χ0n) is 9.87. The van der Waals surface area contributed by atoms with Gasteiger partial charge in [0, 0.05) is 4.43 Å². The molecule has 1 aromatic rings. The standard InChI is InChI=1S/C14H18FIO/c15-12-6-4-5-11(9-12)14(10-16)17-13-7-2-1-3-8-13/h4-6,9,13-14H,1-3,7-8,10H2. The number of halogens is 2. The number of hydrogen-bond donors (Lipinski definition) is 0. The number of ether oxygens (including phenoxy) is 1. The second-order valence-electron chi connectivity index (χ2n) is 4.59. The second kappa shape index (κ2) is 6.69. The summed E-state index contributed by atoms with van der Waals surface area (Å²) in [4.78, 5) is 0. The highest BCUT2D eigenvalue weighted by atomic mass is 127. The first-order valence-corrected chi connectivity index (χ1v) is 7.79. The van der Waals surface area contributed by atoms with Gasteiger partial charge in [-0.15, -0.1) is 0 Å². The Morgan fingerprint density at radius 2 is 2.06 bits per heavy atom. The Balaban J connectivity index is 2.00. The fourth-order valence-electron chi connectivity index (χ4n) is 2.34. The number of hydrogen-bond acceptors (Lipinski definition) is 1. The van der Waals surface area contributed by atoms with Crippen molar-refractivity contribution in [3.05, 3.63) is 35.6 Å². The zero-order chi connectivity index (χ0) is 12.1. The number of rotatable bonds is 4. The molecule has 0 saturated heterocycles. The number of alkyl halides is 1. The summed E-state index contributed by atoms with van der Waals surface area (Å²) < 4.78 is 20.2. The Kier molecular flexibility index (Phi) is 5.22. The van der Waals surface area contributed by atoms with Gasteiger partial charge in [-0.1, -0.05) is 54.0 Å². The molecule has 1 atom stereocenters. The molecule has 1 aliphatic rings. The van der Waals surface area contributed by atoms with E-state index in [4.69, 9.17) is 4.74 Å². The van der Waals surface area contributed by atoms with Gasteiger partial charge in [0.2, 0.25) is 0 Å². The lowest BCUT2D eigenvalue weighted by atomic mass is 9.97. The molecule has 0 spiro atoms. The van der Waals surface area contributed by atoms with Crippen LogP contribution in [0.5, 0.6) is 0 Å². The molecule has 2 rings (SSSR count). The van der Waals surface area contributed by atoms with Gasteiger partial charge in [0.25, 0.3) is 0 Å². The van der Waals surface area contributed by atoms with Gasteiger partial charge in [0.1, 0.15) is 5.82 Å². The third-order valence-electron chi connectivity index (χ3n) is 3.27. The minimum Gasteiger partial charge on any atom is -0.369 e. The lowest BCUT2D eigenvalue weighted by molar-refractivity contribution is -0.0186. The highest BCUT2D eigenvalue weighted by Gasteiger charge is 2.19. The monoisotopic (exact) mass is 348 g/mol. The Bertz CT molecular complexity index is 350. The topological polar surface area (TPSA) is 9.23 Å². The maximum Gasteiger partial charge on any atom is 0.123 e. The summed E-state index contributed by atoms with van der Waals surface area (Å²) >= 11 is 2.31. The molecule has 0 radical (unpaired) electrons. The molecule has 1 saturated carbocycles. The predicted octanol–water partition coefficient (Wildman–Crippen LogP) is 4.65. The Morgan fingerprint density at radius 3 is 2.71 bits per heavy atom. The van der Waals surface area contributed by atoms with Crippen LogP contribution >= 0.6 is 22.6 Å². The van der Waals surface area contributed by atoms with E-state index in [0.717, 1.165) is 22.8 Å². The van der Waals surface area contributed by atoms with Crippen molar-refractivity contribution in [2.75, 3.05) is 4.43 Å². The SMILES string of the molecule is Fc1cccc(C(CI)OC2CCCCC2)c1. The second-order valence-corrected chi connectivity index (χ2v) is 5.47. The summed E-state index contributed by atoms with van der Waals surface area (Å²) in [7, 11) is 0. The van der Waals surface area contributed by atoms with Gasteiger partial charge in [-0.2, -0.15) is 0 Å². The van der Waals surface area contributed by atoms with Crippen molar-refractivity contribution in [3.63, 3.8) is 0 Å². The van der Waals surface area contributed by atoms with E-state index in [1.165, 1.54) is 25.3 Å². The van der Waals surface area contributed by atoms with Crippen molar-refractivity contribution in [1.82, 2.24) is 0 Å². The highest BCUT2D eigenvalue weighted by Crippen LogP contribution is 2.28. The van der Waals surface area contributed by atoms with Crippen molar-refractivity contribution in [1.29, 1.82) is 0 Å². The quantitative estimate of drug-likeness (QED) is 0.569. The average Bonchev–Trinajstić information content (AvgIpc) is 2.37. The van der Waals surface area contributed by atoms with Crippen LogP contribution < -0.4 is 0 Å². The Morgan fingerprint density at radius 1 is 1.29 bits per heavy atom. The third-order valence-corrected chi connectivity index (χ3v) is 4.07. The van der Waals surface area contributed by atoms with Crippen molar-refractivity contribution in [3.8, 4) is 0 Å². The van der Waals surface area contributed by atoms with Crippen LogP contribution in [0.15, 0.2) is 24.3 Å². The molecule has 1 unspecified atom stereocenters. The molecule has 0 heterocycles. The minimum atomic E-state index is -0.176. The van der Waals surface area contributed by atoms with Crippen LogP contribution in [-0.4, -0.2) is 10.5 Å². The number of benzene rings is 1. The average molecular weight is 348 g/mol. The van der Waals surface area contributed by atoms with Crippen molar-refractivity contribution in [2.45, 2.75) is 44.3 Å². The van der Waals surface area contributed by atoms with Crippen molar-refractivity contribution < 1.29 is 9.13 Å². The molecule has 0 N–H and O–H groups in total. The van der Waals surface area contributed by atoms with Gasteiger partial charge in [0.15, 0.2) is 0 Å². The van der Waals surface area contributed by atoms with Gasteiger partial charge < -0.3 is 4.74 Å². The molecule has 0 aliphatic heterocycles. The van der Waals surface area contributed by atoms with Crippen LogP contribution in [0.2, 0.25) is 0 Å². The van der Waals surface area contributed by atoms with Gasteiger partial charge in [0.05, 0.1) is 12.2 Å². The van der Waals surface area contributed by atoms with E-state index >= 15 is 0 Å². The lowest BCUT2D eigenvalue weighted by Gasteiger charge is -2.27. The van der Waals surface area contributed by atoms with Crippen LogP contribution in [0.4, 0.5) is 4.39 Å². The zero-order valence-corrected chi connectivity index (χ0v) is 12.0. The van der Waals surface area contributed by atoms with Gasteiger partial charge in [-0.05, 0) is 30.5 Å². The molecular weight excluding hydrogens is 330 g/mol. The maximum absolute atomic E-state index is 13.2. The van der Waals surface area contributed by atoms with E-state index < -0.39 is 0 Å². The summed E-state index contributed by atoms with van der Waals surface area (Å²) in [6.07, 6.45) is 6.57. The summed E-state index contributed by atoms with van der Waals surface area (Å²) in [6, 6.07) is 6.78. The molecule has 1 aliphatic carbocycles. The van der Waals surface area contributed by atoms with Crippen LogP contribution in [0.1, 0.15) is 43.8 Å². The van der Waals surface area contributed by atoms with E-state index in [1.807, 2.05) is 6.07 Å². The van der Waals surface area contributed by atoms with E-state index in [2.05, 4.69) is 22.6 Å². The lowest BCUT2D eigenvalue weighted by Crippen LogP contribution is -2.20. The fourth-order valence-corrected chi connectivity index (χ4v) is 3.06. The first-order chi connectivity index (χ1) is 8.29. The molecule has 0 amide bonds. The summed E-state index contributed by atoms with van der Waals surface area (Å²) in [5, 5.41) is 0. The normalized spacial score (nSPS) is 19.2. The van der Waals surface area contributed by atoms with Crippen LogP contribution in [-0.2, 0) is 4.74 Å². The third kappa shape index (κ3) is 3.91. The van der Waals surface area contributed by atoms with E-state index in [1.54, 1.807) is 12.1 Å². The summed E-state index contributed by atoms with van der Waals surface area (Å²) in [5.41, 5.74) is 0.963. The molecule has 17 heavy (non-hydrogen) atoms. The Hall–Kier alpha value is -0.160. The first-order valence-electron chi connectivity index (χ1n) is 6.26. The smallest absolute Gasteiger partial charge is 0.123 e. The molecule has 1 nitrogen and oxygen atoms in total. The van der Waals surface area contributed by atoms with Crippen LogP contribution in [0, 0.1) is 5.82 Å². The van der Waals surface area contributed by atoms with Crippen molar-refractivity contribution >= 4 is 22.6 Å². The van der Waals surface area contributed by atoms with Gasteiger partial charge in [-0.3, -0.25) is 0 Å². The molecule has 1 aromatic carbocycles. The largest absolute Gasteiger partial charge is 0.369 e. The minimum absolute atomic E-state index is 0.0365. The molecule has 0 aromatic heterocycles. The molecule has 0 bridgehead atoms. The van der Waals surface area contributed by atoms with Crippen LogP contribution in [0.25, 0.3) is 0 Å². The van der Waals surface area contributed by atoms with Crippen LogP contribution in [0.3, 0.4) is 0 Å². The Labute approximate surface area is 116 Å². The molecule has 3 heteroatoms. The van der Waals surface area contributed by atoms with E-state index in [0.29, 0.717) is 6.10 Å². The predicted molar refractivity (Wildman–Crippen MR) is 76.0 cm³/mol. The molecule has 1 fully saturated rings. The highest BCUT2D eigenvalue weighted by molar-refractivity contribution is 14.1. The van der Waals surface area contributed by atoms with E-state index in [9.17, 15) is 4.39 Å². The summed E-state index contributed by atoms with van der Waals surface area (Å²) in [6.45, 7) is 0. The van der Waals surface area contributed by atoms with Gasteiger partial charge in [-0.25, -0.2) is 4.39 Å². The fraction of sp³-hybridized carbons (Fsp3) is 0.571. The van der Waals surface area contributed by atoms with Gasteiger partial charge >= 0.3 is 0 Å².